The van der Waals surface area contributed by atoms with Crippen LogP contribution in [0.2, 0.25) is 0 Å². The molecule has 0 fully saturated rings. The molecule has 0 saturated carbocycles. The molecule has 1 unspecified atom stereocenters. The van der Waals surface area contributed by atoms with Crippen molar-refractivity contribution in [1.82, 2.24) is 4.98 Å². The Hall–Kier alpha value is -1.67. The van der Waals surface area contributed by atoms with Crippen molar-refractivity contribution in [2.75, 3.05) is 0 Å². The van der Waals surface area contributed by atoms with Crippen LogP contribution in [0.4, 0.5) is 0 Å². The minimum Gasteiger partial charge on any atom is -0.321 e. The lowest BCUT2D eigenvalue weighted by molar-refractivity contribution is 0.490. The van der Waals surface area contributed by atoms with Crippen molar-refractivity contribution in [3.63, 3.8) is 0 Å². The Balaban J connectivity index is 2.21. The van der Waals surface area contributed by atoms with Crippen molar-refractivity contribution < 1.29 is 0 Å². The van der Waals surface area contributed by atoms with Crippen LogP contribution in [0.3, 0.4) is 0 Å². The topological polar surface area (TPSA) is 38.9 Å². The maximum Gasteiger partial charge on any atom is 0.0422 e. The fourth-order valence-electron chi connectivity index (χ4n) is 1.96. The van der Waals surface area contributed by atoms with Crippen LogP contribution < -0.4 is 5.73 Å². The molecule has 0 bridgehead atoms. The summed E-state index contributed by atoms with van der Waals surface area (Å²) in [5.74, 6) is 0. The average molecular weight is 226 g/mol. The van der Waals surface area contributed by atoms with Gasteiger partial charge in [0.15, 0.2) is 0 Å². The van der Waals surface area contributed by atoms with E-state index in [0.29, 0.717) is 0 Å². The van der Waals surface area contributed by atoms with Crippen molar-refractivity contribution >= 4 is 0 Å². The van der Waals surface area contributed by atoms with Crippen LogP contribution >= 0.6 is 0 Å². The molecule has 0 spiro atoms. The Morgan fingerprint density at radius 2 is 1.88 bits per heavy atom. The van der Waals surface area contributed by atoms with E-state index in [9.17, 15) is 0 Å². The van der Waals surface area contributed by atoms with Gasteiger partial charge in [-0.15, -0.1) is 0 Å². The molecule has 17 heavy (non-hydrogen) atoms. The van der Waals surface area contributed by atoms with Crippen LogP contribution in [0, 0.1) is 6.92 Å². The van der Waals surface area contributed by atoms with E-state index < -0.39 is 0 Å². The molecular formula is C15H18N2. The van der Waals surface area contributed by atoms with Crippen LogP contribution in [0.1, 0.15) is 23.6 Å². The van der Waals surface area contributed by atoms with Gasteiger partial charge in [-0.1, -0.05) is 35.9 Å². The molecule has 0 aliphatic heterocycles. The van der Waals surface area contributed by atoms with Gasteiger partial charge in [-0.05, 0) is 37.5 Å². The molecule has 2 nitrogen and oxygen atoms in total. The summed E-state index contributed by atoms with van der Waals surface area (Å²) in [6.07, 6.45) is 4.45. The maximum absolute atomic E-state index is 6.39. The van der Waals surface area contributed by atoms with Crippen molar-refractivity contribution in [3.8, 4) is 0 Å². The monoisotopic (exact) mass is 226 g/mol. The zero-order chi connectivity index (χ0) is 12.3. The molecule has 1 heterocycles. The second kappa shape index (κ2) is 4.68. The van der Waals surface area contributed by atoms with E-state index >= 15 is 0 Å². The molecule has 1 aromatic carbocycles. The van der Waals surface area contributed by atoms with Crippen LogP contribution in [-0.4, -0.2) is 4.98 Å². The Kier molecular flexibility index (Phi) is 3.25. The number of hydrogen-bond donors (Lipinski definition) is 1. The van der Waals surface area contributed by atoms with Crippen molar-refractivity contribution in [3.05, 3.63) is 65.5 Å². The van der Waals surface area contributed by atoms with Gasteiger partial charge in [0.05, 0.1) is 0 Å². The summed E-state index contributed by atoms with van der Waals surface area (Å²) in [4.78, 5) is 4.12. The second-order valence-corrected chi connectivity index (χ2v) is 4.82. The number of aryl methyl sites for hydroxylation is 1. The molecule has 0 saturated heterocycles. The molecule has 0 amide bonds. The molecule has 2 rings (SSSR count). The van der Waals surface area contributed by atoms with Crippen molar-refractivity contribution in [1.29, 1.82) is 0 Å². The minimum absolute atomic E-state index is 0.350. The first-order valence-electron chi connectivity index (χ1n) is 5.83. The van der Waals surface area contributed by atoms with Gasteiger partial charge in [-0.3, -0.25) is 4.98 Å². The fraction of sp³-hybridized carbons (Fsp3) is 0.267. The summed E-state index contributed by atoms with van der Waals surface area (Å²) in [5, 5.41) is 0. The number of pyridine rings is 1. The van der Waals surface area contributed by atoms with E-state index in [-0.39, 0.29) is 5.54 Å². The van der Waals surface area contributed by atoms with E-state index in [4.69, 9.17) is 5.73 Å². The molecule has 2 N–H and O–H groups in total. The zero-order valence-corrected chi connectivity index (χ0v) is 10.4. The molecule has 0 aliphatic rings. The number of hydrogen-bond acceptors (Lipinski definition) is 2. The van der Waals surface area contributed by atoms with Crippen LogP contribution in [0.5, 0.6) is 0 Å². The van der Waals surface area contributed by atoms with E-state index in [1.54, 1.807) is 6.20 Å². The third kappa shape index (κ3) is 2.92. The van der Waals surface area contributed by atoms with E-state index in [0.717, 1.165) is 17.5 Å². The van der Waals surface area contributed by atoms with Gasteiger partial charge < -0.3 is 5.73 Å². The predicted molar refractivity (Wildman–Crippen MR) is 70.7 cm³/mol. The number of benzene rings is 1. The molecule has 88 valence electrons. The maximum atomic E-state index is 6.39. The Morgan fingerprint density at radius 3 is 2.47 bits per heavy atom. The second-order valence-electron chi connectivity index (χ2n) is 4.82. The van der Waals surface area contributed by atoms with Crippen LogP contribution in [0.15, 0.2) is 48.8 Å². The molecule has 2 aromatic rings. The normalized spacial score (nSPS) is 14.3. The van der Waals surface area contributed by atoms with Gasteiger partial charge >= 0.3 is 0 Å². The number of rotatable bonds is 3. The third-order valence-corrected chi connectivity index (χ3v) is 3.01. The van der Waals surface area contributed by atoms with E-state index in [1.165, 1.54) is 5.56 Å². The lowest BCUT2D eigenvalue weighted by Crippen LogP contribution is -2.35. The molecule has 0 radical (unpaired) electrons. The minimum atomic E-state index is -0.350. The molecule has 1 atom stereocenters. The molecular weight excluding hydrogens is 208 g/mol. The Labute approximate surface area is 103 Å². The first-order chi connectivity index (χ1) is 8.08. The van der Waals surface area contributed by atoms with Crippen LogP contribution in [-0.2, 0) is 12.0 Å². The average Bonchev–Trinajstić information content (AvgIpc) is 2.30. The zero-order valence-electron chi connectivity index (χ0n) is 10.4. The van der Waals surface area contributed by atoms with Gasteiger partial charge in [-0.25, -0.2) is 0 Å². The largest absolute Gasteiger partial charge is 0.321 e. The highest BCUT2D eigenvalue weighted by Gasteiger charge is 2.21. The van der Waals surface area contributed by atoms with E-state index in [1.807, 2.05) is 12.3 Å². The summed E-state index contributed by atoms with van der Waals surface area (Å²) in [6.45, 7) is 4.14. The summed E-state index contributed by atoms with van der Waals surface area (Å²) in [6, 6.07) is 12.4. The van der Waals surface area contributed by atoms with Gasteiger partial charge in [0, 0.05) is 17.9 Å². The SMILES string of the molecule is Cc1ccc(C(C)(N)Cc2cccnc2)cc1. The quantitative estimate of drug-likeness (QED) is 0.874. The third-order valence-electron chi connectivity index (χ3n) is 3.01. The molecule has 1 aromatic heterocycles. The van der Waals surface area contributed by atoms with Gasteiger partial charge in [0.1, 0.15) is 0 Å². The lowest BCUT2D eigenvalue weighted by atomic mass is 9.87. The van der Waals surface area contributed by atoms with Crippen LogP contribution in [0.25, 0.3) is 0 Å². The first-order valence-corrected chi connectivity index (χ1v) is 5.83. The highest BCUT2D eigenvalue weighted by molar-refractivity contribution is 5.29. The lowest BCUT2D eigenvalue weighted by Gasteiger charge is -2.25. The van der Waals surface area contributed by atoms with Gasteiger partial charge in [-0.2, -0.15) is 0 Å². The highest BCUT2D eigenvalue weighted by atomic mass is 14.7. The standard InChI is InChI=1S/C15H18N2/c1-12-5-7-14(8-6-12)15(2,16)10-13-4-3-9-17-11-13/h3-9,11H,10,16H2,1-2H3. The summed E-state index contributed by atoms with van der Waals surface area (Å²) in [7, 11) is 0. The predicted octanol–water partition coefficient (Wildman–Crippen LogP) is 2.81. The number of nitrogens with zero attached hydrogens (tertiary/aromatic N) is 1. The van der Waals surface area contributed by atoms with E-state index in [2.05, 4.69) is 49.2 Å². The first kappa shape index (κ1) is 11.8. The summed E-state index contributed by atoms with van der Waals surface area (Å²) < 4.78 is 0. The Morgan fingerprint density at radius 1 is 1.18 bits per heavy atom. The molecule has 2 heteroatoms. The fourth-order valence-corrected chi connectivity index (χ4v) is 1.96. The summed E-state index contributed by atoms with van der Waals surface area (Å²) in [5.41, 5.74) is 9.62. The summed E-state index contributed by atoms with van der Waals surface area (Å²) >= 11 is 0. The molecule has 0 aliphatic carbocycles. The Bertz CT molecular complexity index is 472. The number of nitrogens with two attached hydrogens (primary N) is 1. The number of aromatic nitrogens is 1. The van der Waals surface area contributed by atoms with Crippen molar-refractivity contribution in [2.24, 2.45) is 5.73 Å². The van der Waals surface area contributed by atoms with Gasteiger partial charge in [0.25, 0.3) is 0 Å². The smallest absolute Gasteiger partial charge is 0.0422 e. The van der Waals surface area contributed by atoms with Gasteiger partial charge in [0.2, 0.25) is 0 Å². The highest BCUT2D eigenvalue weighted by Crippen LogP contribution is 2.22. The van der Waals surface area contributed by atoms with Crippen molar-refractivity contribution in [2.45, 2.75) is 25.8 Å².